The molecule has 0 aliphatic heterocycles. The second kappa shape index (κ2) is 10.5. The van der Waals surface area contributed by atoms with E-state index in [1.807, 2.05) is 41.5 Å². The van der Waals surface area contributed by atoms with Gasteiger partial charge < -0.3 is 14.7 Å². The van der Waals surface area contributed by atoms with Crippen molar-refractivity contribution in [2.45, 2.75) is 41.5 Å². The molecular formula is C15H30N3O3P. The Hall–Kier alpha value is -1.16. The van der Waals surface area contributed by atoms with Crippen LogP contribution < -0.4 is 0 Å². The van der Waals surface area contributed by atoms with E-state index in [1.54, 1.807) is 14.7 Å². The zero-order valence-electron chi connectivity index (χ0n) is 14.8. The molecule has 6 nitrogen and oxygen atoms in total. The molecule has 7 heteroatoms. The Labute approximate surface area is 135 Å². The van der Waals surface area contributed by atoms with Crippen molar-refractivity contribution in [2.24, 2.45) is 0 Å². The lowest BCUT2D eigenvalue weighted by Gasteiger charge is -2.30. The van der Waals surface area contributed by atoms with Crippen molar-refractivity contribution >= 4 is 24.9 Å². The van der Waals surface area contributed by atoms with E-state index < -0.39 is 7.92 Å². The van der Waals surface area contributed by atoms with Crippen molar-refractivity contribution in [3.63, 3.8) is 0 Å². The molecule has 0 aromatic rings. The predicted molar refractivity (Wildman–Crippen MR) is 91.9 cm³/mol. The molecule has 0 heterocycles. The summed E-state index contributed by atoms with van der Waals surface area (Å²) in [6.45, 7) is 14.2. The average molecular weight is 331 g/mol. The molecule has 0 aromatic heterocycles. The normalized spacial score (nSPS) is 10.5. The third kappa shape index (κ3) is 4.94. The Morgan fingerprint density at radius 1 is 0.545 bits per heavy atom. The SMILES string of the molecule is CCN(CC)C(=O)P(C(=O)N(CC)CC)C(=O)N(CC)CC. The highest BCUT2D eigenvalue weighted by Gasteiger charge is 2.40. The molecule has 0 bridgehead atoms. The van der Waals surface area contributed by atoms with Gasteiger partial charge in [-0.05, 0) is 41.5 Å². The Balaban J connectivity index is 5.62. The third-order valence-electron chi connectivity index (χ3n) is 3.68. The van der Waals surface area contributed by atoms with Crippen LogP contribution in [-0.2, 0) is 0 Å². The van der Waals surface area contributed by atoms with Crippen molar-refractivity contribution in [3.8, 4) is 0 Å². The number of carbonyl (C=O) groups is 3. The molecular weight excluding hydrogens is 301 g/mol. The summed E-state index contributed by atoms with van der Waals surface area (Å²) in [6, 6.07) is 0. The molecule has 0 aliphatic carbocycles. The van der Waals surface area contributed by atoms with Crippen LogP contribution in [0.5, 0.6) is 0 Å². The summed E-state index contributed by atoms with van der Waals surface area (Å²) < 4.78 is 0. The van der Waals surface area contributed by atoms with Gasteiger partial charge >= 0.3 is 0 Å². The lowest BCUT2D eigenvalue weighted by Crippen LogP contribution is -2.40. The molecule has 22 heavy (non-hydrogen) atoms. The van der Waals surface area contributed by atoms with Gasteiger partial charge in [-0.15, -0.1) is 0 Å². The molecule has 0 radical (unpaired) electrons. The van der Waals surface area contributed by atoms with Crippen molar-refractivity contribution in [2.75, 3.05) is 39.3 Å². The van der Waals surface area contributed by atoms with Crippen LogP contribution in [0.4, 0.5) is 14.4 Å². The topological polar surface area (TPSA) is 60.9 Å². The molecule has 0 saturated heterocycles. The number of carbonyl (C=O) groups excluding carboxylic acids is 3. The van der Waals surface area contributed by atoms with Crippen LogP contribution in [0.2, 0.25) is 0 Å². The summed E-state index contributed by atoms with van der Waals surface area (Å²) in [5.74, 6) is 0. The summed E-state index contributed by atoms with van der Waals surface area (Å²) in [5, 5.41) is 0. The standard InChI is InChI=1S/C15H30N3O3P/c1-7-16(8-2)13(19)22(14(20)17(9-3)10-4)15(21)18(11-5)12-6/h7-12H2,1-6H3. The fraction of sp³-hybridized carbons (Fsp3) is 0.800. The minimum Gasteiger partial charge on any atom is -0.339 e. The zero-order chi connectivity index (χ0) is 17.3. The Bertz CT molecular complexity index is 321. The van der Waals surface area contributed by atoms with Crippen molar-refractivity contribution in [1.82, 2.24) is 14.7 Å². The summed E-state index contributed by atoms with van der Waals surface area (Å²) in [6.07, 6.45) is 0. The van der Waals surface area contributed by atoms with Crippen LogP contribution in [-0.4, -0.2) is 70.9 Å². The van der Waals surface area contributed by atoms with Crippen molar-refractivity contribution in [1.29, 1.82) is 0 Å². The highest BCUT2D eigenvalue weighted by molar-refractivity contribution is 8.01. The second-order valence-electron chi connectivity index (χ2n) is 4.70. The Morgan fingerprint density at radius 3 is 0.864 bits per heavy atom. The maximum absolute atomic E-state index is 12.7. The Morgan fingerprint density at radius 2 is 0.727 bits per heavy atom. The van der Waals surface area contributed by atoms with Gasteiger partial charge in [-0.3, -0.25) is 14.4 Å². The molecule has 0 aromatic carbocycles. The largest absolute Gasteiger partial charge is 0.339 e. The van der Waals surface area contributed by atoms with E-state index in [0.717, 1.165) is 0 Å². The van der Waals surface area contributed by atoms with Crippen LogP contribution >= 0.6 is 7.92 Å². The molecule has 0 fully saturated rings. The molecule has 0 atom stereocenters. The van der Waals surface area contributed by atoms with Crippen LogP contribution in [0.25, 0.3) is 0 Å². The van der Waals surface area contributed by atoms with Gasteiger partial charge in [0, 0.05) is 39.3 Å². The smallest absolute Gasteiger partial charge is 0.262 e. The minimum atomic E-state index is -2.04. The van der Waals surface area contributed by atoms with Gasteiger partial charge in [0.1, 0.15) is 0 Å². The van der Waals surface area contributed by atoms with Gasteiger partial charge in [0.2, 0.25) is 0 Å². The fourth-order valence-electron chi connectivity index (χ4n) is 2.15. The molecule has 0 aliphatic rings. The molecule has 0 rings (SSSR count). The first-order chi connectivity index (χ1) is 10.4. The lowest BCUT2D eigenvalue weighted by molar-refractivity contribution is 0.216. The molecule has 0 N–H and O–H groups in total. The fourth-order valence-corrected chi connectivity index (χ4v) is 4.34. The second-order valence-corrected chi connectivity index (χ2v) is 6.52. The van der Waals surface area contributed by atoms with Gasteiger partial charge in [0.05, 0.1) is 0 Å². The Kier molecular flexibility index (Phi) is 9.99. The molecule has 0 saturated carbocycles. The van der Waals surface area contributed by atoms with Crippen LogP contribution in [0.1, 0.15) is 41.5 Å². The quantitative estimate of drug-likeness (QED) is 0.603. The van der Waals surface area contributed by atoms with E-state index in [-0.39, 0.29) is 16.9 Å². The average Bonchev–Trinajstić information content (AvgIpc) is 2.51. The van der Waals surface area contributed by atoms with Crippen LogP contribution in [0.3, 0.4) is 0 Å². The number of amides is 3. The maximum atomic E-state index is 12.7. The number of hydrogen-bond donors (Lipinski definition) is 0. The summed E-state index contributed by atoms with van der Waals surface area (Å²) in [7, 11) is -2.04. The zero-order valence-corrected chi connectivity index (χ0v) is 15.7. The predicted octanol–water partition coefficient (Wildman–Crippen LogP) is 3.85. The van der Waals surface area contributed by atoms with E-state index in [9.17, 15) is 14.4 Å². The van der Waals surface area contributed by atoms with Gasteiger partial charge in [-0.25, -0.2) is 0 Å². The number of nitrogens with zero attached hydrogens (tertiary/aromatic N) is 3. The number of rotatable bonds is 9. The monoisotopic (exact) mass is 331 g/mol. The minimum absolute atomic E-state index is 0.325. The number of hydrogen-bond acceptors (Lipinski definition) is 3. The highest BCUT2D eigenvalue weighted by atomic mass is 31.1. The van der Waals surface area contributed by atoms with Gasteiger partial charge in [0.15, 0.2) is 7.92 Å². The van der Waals surface area contributed by atoms with Gasteiger partial charge in [0.25, 0.3) is 16.9 Å². The molecule has 0 spiro atoms. The lowest BCUT2D eigenvalue weighted by atomic mass is 10.6. The third-order valence-corrected chi connectivity index (χ3v) is 5.67. The first-order valence-electron chi connectivity index (χ1n) is 8.09. The van der Waals surface area contributed by atoms with E-state index in [0.29, 0.717) is 39.3 Å². The van der Waals surface area contributed by atoms with E-state index in [4.69, 9.17) is 0 Å². The van der Waals surface area contributed by atoms with Crippen LogP contribution in [0, 0.1) is 0 Å². The maximum Gasteiger partial charge on any atom is 0.262 e. The summed E-state index contributed by atoms with van der Waals surface area (Å²) in [5.41, 5.74) is -0.976. The summed E-state index contributed by atoms with van der Waals surface area (Å²) in [4.78, 5) is 42.9. The van der Waals surface area contributed by atoms with Gasteiger partial charge in [-0.1, -0.05) is 0 Å². The first kappa shape index (κ1) is 20.8. The van der Waals surface area contributed by atoms with E-state index in [1.165, 1.54) is 0 Å². The highest BCUT2D eigenvalue weighted by Crippen LogP contribution is 2.44. The van der Waals surface area contributed by atoms with E-state index in [2.05, 4.69) is 0 Å². The van der Waals surface area contributed by atoms with E-state index >= 15 is 0 Å². The first-order valence-corrected chi connectivity index (χ1v) is 9.44. The van der Waals surface area contributed by atoms with Gasteiger partial charge in [-0.2, -0.15) is 0 Å². The molecule has 3 amide bonds. The summed E-state index contributed by atoms with van der Waals surface area (Å²) >= 11 is 0. The van der Waals surface area contributed by atoms with Crippen molar-refractivity contribution in [3.05, 3.63) is 0 Å². The van der Waals surface area contributed by atoms with Crippen LogP contribution in [0.15, 0.2) is 0 Å². The van der Waals surface area contributed by atoms with Crippen molar-refractivity contribution < 1.29 is 14.4 Å². The molecule has 0 unspecified atom stereocenters. The molecule has 128 valence electrons.